The summed E-state index contributed by atoms with van der Waals surface area (Å²) in [7, 11) is 0. The smallest absolute Gasteiger partial charge is 0.309 e. The van der Waals surface area contributed by atoms with Crippen LogP contribution in [0.5, 0.6) is 0 Å². The lowest BCUT2D eigenvalue weighted by Gasteiger charge is -2.31. The zero-order valence-electron chi connectivity index (χ0n) is 16.2. The van der Waals surface area contributed by atoms with Crippen molar-refractivity contribution < 1.29 is 28.0 Å². The van der Waals surface area contributed by atoms with Crippen molar-refractivity contribution in [3.63, 3.8) is 0 Å². The third kappa shape index (κ3) is 5.18. The Bertz CT molecular complexity index is 888. The molecule has 2 aromatic rings. The molecule has 0 bridgehead atoms. The van der Waals surface area contributed by atoms with Gasteiger partial charge in [-0.1, -0.05) is 5.16 Å². The molecule has 1 fully saturated rings. The molecule has 29 heavy (non-hydrogen) atoms. The summed E-state index contributed by atoms with van der Waals surface area (Å²) < 4.78 is 23.1. The van der Waals surface area contributed by atoms with Crippen LogP contribution in [0.2, 0.25) is 0 Å². The average Bonchev–Trinajstić information content (AvgIpc) is 3.12. The Hall–Kier alpha value is -3.23. The van der Waals surface area contributed by atoms with Gasteiger partial charge in [0.05, 0.1) is 5.92 Å². The van der Waals surface area contributed by atoms with E-state index in [2.05, 4.69) is 10.5 Å². The van der Waals surface area contributed by atoms with Crippen LogP contribution in [0.15, 0.2) is 34.9 Å². The lowest BCUT2D eigenvalue weighted by atomic mass is 9.96. The topological polar surface area (TPSA) is 102 Å². The number of nitrogens with zero attached hydrogens (tertiary/aromatic N) is 2. The SMILES string of the molecule is Cc1cc(NC(=O)[C@@H](C)OC(=O)C2CCN(C(=O)c3ccc(F)cc3)CC2)no1. The maximum atomic E-state index is 13.0. The number of amides is 2. The Labute approximate surface area is 167 Å². The molecule has 1 aromatic carbocycles. The van der Waals surface area contributed by atoms with Gasteiger partial charge in [0, 0.05) is 24.7 Å². The maximum absolute atomic E-state index is 13.0. The number of rotatable bonds is 5. The highest BCUT2D eigenvalue weighted by atomic mass is 19.1. The molecule has 0 aliphatic carbocycles. The molecule has 1 aliphatic rings. The molecular formula is C20H22FN3O5. The van der Waals surface area contributed by atoms with Gasteiger partial charge in [0.2, 0.25) is 0 Å². The number of carbonyl (C=O) groups is 3. The number of hydrogen-bond acceptors (Lipinski definition) is 6. The summed E-state index contributed by atoms with van der Waals surface area (Å²) in [5.41, 5.74) is 0.404. The van der Waals surface area contributed by atoms with E-state index >= 15 is 0 Å². The fraction of sp³-hybridized carbons (Fsp3) is 0.400. The number of aromatic nitrogens is 1. The highest BCUT2D eigenvalue weighted by Crippen LogP contribution is 2.21. The van der Waals surface area contributed by atoms with E-state index in [0.717, 1.165) is 0 Å². The Morgan fingerprint density at radius 2 is 1.90 bits per heavy atom. The molecule has 0 saturated carbocycles. The van der Waals surface area contributed by atoms with Crippen molar-refractivity contribution in [2.24, 2.45) is 5.92 Å². The van der Waals surface area contributed by atoms with Gasteiger partial charge in [-0.25, -0.2) is 4.39 Å². The van der Waals surface area contributed by atoms with Crippen molar-refractivity contribution in [1.82, 2.24) is 10.1 Å². The molecule has 1 aliphatic heterocycles. The summed E-state index contributed by atoms with van der Waals surface area (Å²) in [5, 5.41) is 6.17. The Morgan fingerprint density at radius 1 is 1.24 bits per heavy atom. The molecule has 1 aromatic heterocycles. The van der Waals surface area contributed by atoms with E-state index in [1.165, 1.54) is 31.2 Å². The summed E-state index contributed by atoms with van der Waals surface area (Å²) in [6.45, 7) is 3.94. The first kappa shape index (κ1) is 20.5. The molecule has 9 heteroatoms. The van der Waals surface area contributed by atoms with Crippen LogP contribution in [0, 0.1) is 18.7 Å². The van der Waals surface area contributed by atoms with Crippen molar-refractivity contribution in [2.45, 2.75) is 32.8 Å². The summed E-state index contributed by atoms with van der Waals surface area (Å²) in [4.78, 5) is 38.6. The van der Waals surface area contributed by atoms with E-state index in [1.807, 2.05) is 0 Å². The predicted molar refractivity (Wildman–Crippen MR) is 100 cm³/mol. The first-order valence-electron chi connectivity index (χ1n) is 9.33. The number of likely N-dealkylation sites (tertiary alicyclic amines) is 1. The van der Waals surface area contributed by atoms with Gasteiger partial charge in [0.1, 0.15) is 11.6 Å². The van der Waals surface area contributed by atoms with Gasteiger partial charge in [-0.2, -0.15) is 0 Å². The highest BCUT2D eigenvalue weighted by Gasteiger charge is 2.31. The summed E-state index contributed by atoms with van der Waals surface area (Å²) in [6, 6.07) is 6.91. The fourth-order valence-corrected chi connectivity index (χ4v) is 3.07. The number of ether oxygens (including phenoxy) is 1. The fourth-order valence-electron chi connectivity index (χ4n) is 3.07. The zero-order valence-corrected chi connectivity index (χ0v) is 16.2. The molecule has 2 amide bonds. The number of halogens is 1. The number of esters is 1. The zero-order chi connectivity index (χ0) is 21.0. The van der Waals surface area contributed by atoms with Crippen LogP contribution in [-0.4, -0.2) is 47.0 Å². The lowest BCUT2D eigenvalue weighted by molar-refractivity contribution is -0.158. The van der Waals surface area contributed by atoms with E-state index in [9.17, 15) is 18.8 Å². The monoisotopic (exact) mass is 403 g/mol. The Balaban J connectivity index is 1.47. The number of benzene rings is 1. The van der Waals surface area contributed by atoms with E-state index in [4.69, 9.17) is 9.26 Å². The number of carbonyl (C=O) groups excluding carboxylic acids is 3. The third-order valence-corrected chi connectivity index (χ3v) is 4.75. The van der Waals surface area contributed by atoms with Gasteiger partial charge >= 0.3 is 5.97 Å². The number of aryl methyl sites for hydroxylation is 1. The molecule has 1 saturated heterocycles. The van der Waals surface area contributed by atoms with E-state index in [1.54, 1.807) is 17.9 Å². The maximum Gasteiger partial charge on any atom is 0.309 e. The molecular weight excluding hydrogens is 381 g/mol. The molecule has 0 spiro atoms. The van der Waals surface area contributed by atoms with Gasteiger partial charge in [-0.3, -0.25) is 14.4 Å². The molecule has 0 unspecified atom stereocenters. The van der Waals surface area contributed by atoms with Crippen LogP contribution in [0.4, 0.5) is 10.2 Å². The van der Waals surface area contributed by atoms with Gasteiger partial charge in [-0.05, 0) is 51.0 Å². The van der Waals surface area contributed by atoms with Crippen molar-refractivity contribution in [3.05, 3.63) is 47.5 Å². The minimum absolute atomic E-state index is 0.201. The Morgan fingerprint density at radius 3 is 2.48 bits per heavy atom. The average molecular weight is 403 g/mol. The van der Waals surface area contributed by atoms with E-state index < -0.39 is 29.7 Å². The molecule has 1 atom stereocenters. The minimum atomic E-state index is -0.988. The quantitative estimate of drug-likeness (QED) is 0.770. The standard InChI is InChI=1S/C20H22FN3O5/c1-12-11-17(23-29-12)22-18(25)13(2)28-20(27)15-7-9-24(10-8-15)19(26)14-3-5-16(21)6-4-14/h3-6,11,13,15H,7-10H2,1-2H3,(H,22,23,25)/t13-/m1/s1. The van der Waals surface area contributed by atoms with Crippen molar-refractivity contribution in [2.75, 3.05) is 18.4 Å². The largest absolute Gasteiger partial charge is 0.452 e. The molecule has 1 N–H and O–H groups in total. The summed E-state index contributed by atoms with van der Waals surface area (Å²) in [6.07, 6.45) is -0.121. The van der Waals surface area contributed by atoms with Crippen LogP contribution in [0.25, 0.3) is 0 Å². The number of nitrogens with one attached hydrogen (secondary N) is 1. The molecule has 3 rings (SSSR count). The van der Waals surface area contributed by atoms with Crippen LogP contribution in [0.1, 0.15) is 35.9 Å². The number of anilines is 1. The first-order chi connectivity index (χ1) is 13.8. The van der Waals surface area contributed by atoms with Crippen LogP contribution in [-0.2, 0) is 14.3 Å². The predicted octanol–water partition coefficient (Wildman–Crippen LogP) is 2.54. The van der Waals surface area contributed by atoms with Gasteiger partial charge < -0.3 is 19.5 Å². The van der Waals surface area contributed by atoms with Gasteiger partial charge in [0.15, 0.2) is 11.9 Å². The van der Waals surface area contributed by atoms with Crippen LogP contribution in [0.3, 0.4) is 0 Å². The Kier molecular flexibility index (Phi) is 6.26. The van der Waals surface area contributed by atoms with Gasteiger partial charge in [0.25, 0.3) is 11.8 Å². The molecule has 2 heterocycles. The third-order valence-electron chi connectivity index (χ3n) is 4.75. The van der Waals surface area contributed by atoms with Gasteiger partial charge in [-0.15, -0.1) is 0 Å². The van der Waals surface area contributed by atoms with Crippen LogP contribution >= 0.6 is 0 Å². The summed E-state index contributed by atoms with van der Waals surface area (Å²) >= 11 is 0. The second kappa shape index (κ2) is 8.85. The van der Waals surface area contributed by atoms with Crippen molar-refractivity contribution in [3.8, 4) is 0 Å². The van der Waals surface area contributed by atoms with Crippen LogP contribution < -0.4 is 5.32 Å². The molecule has 0 radical (unpaired) electrons. The second-order valence-corrected chi connectivity index (χ2v) is 6.96. The number of piperidine rings is 1. The van der Waals surface area contributed by atoms with Crippen molar-refractivity contribution >= 4 is 23.6 Å². The number of hydrogen-bond donors (Lipinski definition) is 1. The highest BCUT2D eigenvalue weighted by molar-refractivity contribution is 5.95. The second-order valence-electron chi connectivity index (χ2n) is 6.96. The molecule has 8 nitrogen and oxygen atoms in total. The normalized spacial score (nSPS) is 15.6. The van der Waals surface area contributed by atoms with E-state index in [-0.39, 0.29) is 11.7 Å². The minimum Gasteiger partial charge on any atom is -0.452 e. The lowest BCUT2D eigenvalue weighted by Crippen LogP contribution is -2.41. The molecule has 154 valence electrons. The summed E-state index contributed by atoms with van der Waals surface area (Å²) in [5.74, 6) is -1.17. The van der Waals surface area contributed by atoms with E-state index in [0.29, 0.717) is 37.3 Å². The first-order valence-corrected chi connectivity index (χ1v) is 9.33. The van der Waals surface area contributed by atoms with Crippen molar-refractivity contribution in [1.29, 1.82) is 0 Å².